The number of ether oxygens (including phenoxy) is 1. The van der Waals surface area contributed by atoms with Crippen LogP contribution in [0.1, 0.15) is 15.9 Å². The zero-order valence-electron chi connectivity index (χ0n) is 12.0. The lowest BCUT2D eigenvalue weighted by molar-refractivity contribution is -0.114. The maximum Gasteiger partial charge on any atom is 0.299 e. The number of halogens is 1. The van der Waals surface area contributed by atoms with Gasteiger partial charge < -0.3 is 9.64 Å². The average molecular weight is 316 g/mol. The first-order chi connectivity index (χ1) is 10.6. The summed E-state index contributed by atoms with van der Waals surface area (Å²) < 4.78 is 5.29. The van der Waals surface area contributed by atoms with Crippen LogP contribution in [0, 0.1) is 0 Å². The van der Waals surface area contributed by atoms with Crippen LogP contribution in [0.2, 0.25) is 5.02 Å². The molecule has 3 rings (SSSR count). The second-order valence-corrected chi connectivity index (χ2v) is 5.40. The number of carbonyl (C=O) groups is 2. The van der Waals surface area contributed by atoms with Gasteiger partial charge >= 0.3 is 0 Å². The van der Waals surface area contributed by atoms with Gasteiger partial charge in [-0.15, -0.1) is 0 Å². The Morgan fingerprint density at radius 3 is 2.50 bits per heavy atom. The van der Waals surface area contributed by atoms with Gasteiger partial charge in [-0.25, -0.2) is 0 Å². The predicted molar refractivity (Wildman–Crippen MR) is 84.8 cm³/mol. The number of fused-ring (bicyclic) bond motifs is 1. The Morgan fingerprint density at radius 2 is 1.82 bits per heavy atom. The summed E-state index contributed by atoms with van der Waals surface area (Å²) in [6.45, 7) is 0.401. The van der Waals surface area contributed by atoms with Crippen LogP contribution in [0.15, 0.2) is 42.5 Å². The molecule has 0 bridgehead atoms. The van der Waals surface area contributed by atoms with Crippen molar-refractivity contribution in [1.82, 2.24) is 0 Å². The Bertz CT molecular complexity index is 743. The summed E-state index contributed by atoms with van der Waals surface area (Å²) in [7, 11) is 1.51. The van der Waals surface area contributed by atoms with Crippen molar-refractivity contribution in [3.05, 3.63) is 58.6 Å². The molecule has 1 heterocycles. The summed E-state index contributed by atoms with van der Waals surface area (Å²) in [5.41, 5.74) is 1.80. The van der Waals surface area contributed by atoms with Gasteiger partial charge in [-0.3, -0.25) is 9.59 Å². The van der Waals surface area contributed by atoms with Crippen LogP contribution in [-0.2, 0) is 11.2 Å². The molecule has 22 heavy (non-hydrogen) atoms. The first kappa shape index (κ1) is 14.6. The van der Waals surface area contributed by atoms with Crippen LogP contribution in [0.25, 0.3) is 0 Å². The van der Waals surface area contributed by atoms with E-state index >= 15 is 0 Å². The molecule has 1 aliphatic heterocycles. The number of anilines is 1. The van der Waals surface area contributed by atoms with Crippen LogP contribution >= 0.6 is 11.6 Å². The van der Waals surface area contributed by atoms with Crippen molar-refractivity contribution >= 4 is 29.0 Å². The molecule has 0 saturated carbocycles. The number of benzene rings is 2. The number of methoxy groups -OCH3 is 1. The monoisotopic (exact) mass is 315 g/mol. The van der Waals surface area contributed by atoms with Gasteiger partial charge in [-0.2, -0.15) is 0 Å². The molecule has 5 heteroatoms. The SMILES string of the molecule is COc1ccc(Cl)c2c1N(CCc1ccccc1)C(=O)C2=O. The topological polar surface area (TPSA) is 46.6 Å². The highest BCUT2D eigenvalue weighted by atomic mass is 35.5. The zero-order valence-corrected chi connectivity index (χ0v) is 12.8. The minimum Gasteiger partial charge on any atom is -0.495 e. The van der Waals surface area contributed by atoms with E-state index in [1.807, 2.05) is 30.3 Å². The molecule has 1 amide bonds. The predicted octanol–water partition coefficient (Wildman–Crippen LogP) is 3.12. The molecular weight excluding hydrogens is 302 g/mol. The van der Waals surface area contributed by atoms with Crippen molar-refractivity contribution in [1.29, 1.82) is 0 Å². The Kier molecular flexibility index (Phi) is 3.86. The average Bonchev–Trinajstić information content (AvgIpc) is 2.80. The number of carbonyl (C=O) groups excluding carboxylic acids is 2. The standard InChI is InChI=1S/C17H14ClNO3/c1-22-13-8-7-12(18)14-15(13)19(17(21)16(14)20)10-9-11-5-3-2-4-6-11/h2-8H,9-10H2,1H3. The molecule has 0 aliphatic carbocycles. The highest BCUT2D eigenvalue weighted by molar-refractivity contribution is 6.55. The van der Waals surface area contributed by atoms with Crippen molar-refractivity contribution < 1.29 is 14.3 Å². The van der Waals surface area contributed by atoms with Crippen LogP contribution < -0.4 is 9.64 Å². The molecule has 1 aliphatic rings. The van der Waals surface area contributed by atoms with Gasteiger partial charge in [0, 0.05) is 6.54 Å². The highest BCUT2D eigenvalue weighted by Crippen LogP contribution is 2.41. The fourth-order valence-electron chi connectivity index (χ4n) is 2.63. The van der Waals surface area contributed by atoms with E-state index in [0.29, 0.717) is 24.4 Å². The van der Waals surface area contributed by atoms with Gasteiger partial charge in [0.25, 0.3) is 11.7 Å². The fourth-order valence-corrected chi connectivity index (χ4v) is 2.86. The number of nitrogens with zero attached hydrogens (tertiary/aromatic N) is 1. The van der Waals surface area contributed by atoms with Crippen molar-refractivity contribution in [2.24, 2.45) is 0 Å². The number of hydrogen-bond donors (Lipinski definition) is 0. The zero-order chi connectivity index (χ0) is 15.7. The molecule has 0 saturated heterocycles. The highest BCUT2D eigenvalue weighted by Gasteiger charge is 2.39. The van der Waals surface area contributed by atoms with E-state index < -0.39 is 11.7 Å². The molecule has 4 nitrogen and oxygen atoms in total. The second-order valence-electron chi connectivity index (χ2n) is 4.99. The summed E-state index contributed by atoms with van der Waals surface area (Å²) >= 11 is 6.09. The van der Waals surface area contributed by atoms with E-state index in [-0.39, 0.29) is 10.6 Å². The third kappa shape index (κ3) is 2.35. The van der Waals surface area contributed by atoms with Crippen LogP contribution in [0.4, 0.5) is 5.69 Å². The molecule has 0 radical (unpaired) electrons. The summed E-state index contributed by atoms with van der Waals surface area (Å²) in [6.07, 6.45) is 0.648. The Labute approximate surface area is 133 Å². The quantitative estimate of drug-likeness (QED) is 0.814. The first-order valence-corrected chi connectivity index (χ1v) is 7.28. The fraction of sp³-hybridized carbons (Fsp3) is 0.176. The summed E-state index contributed by atoms with van der Waals surface area (Å²) in [5.74, 6) is -0.657. The first-order valence-electron chi connectivity index (χ1n) is 6.90. The molecular formula is C17H14ClNO3. The molecule has 2 aromatic carbocycles. The van der Waals surface area contributed by atoms with E-state index in [1.54, 1.807) is 12.1 Å². The van der Waals surface area contributed by atoms with E-state index in [2.05, 4.69) is 0 Å². The summed E-state index contributed by atoms with van der Waals surface area (Å²) in [4.78, 5) is 25.9. The maximum absolute atomic E-state index is 12.3. The number of rotatable bonds is 4. The Balaban J connectivity index is 1.95. The van der Waals surface area contributed by atoms with Gasteiger partial charge in [0.1, 0.15) is 5.75 Å². The third-order valence-electron chi connectivity index (χ3n) is 3.71. The second kappa shape index (κ2) is 5.81. The van der Waals surface area contributed by atoms with Gasteiger partial charge in [-0.1, -0.05) is 41.9 Å². The summed E-state index contributed by atoms with van der Waals surface area (Å²) in [5, 5.41) is 0.274. The maximum atomic E-state index is 12.3. The van der Waals surface area contributed by atoms with Gasteiger partial charge in [0.05, 0.1) is 23.4 Å². The molecule has 0 atom stereocenters. The lowest BCUT2D eigenvalue weighted by Gasteiger charge is -2.19. The molecule has 0 aromatic heterocycles. The van der Waals surface area contributed by atoms with Gasteiger partial charge in [0.2, 0.25) is 0 Å². The molecule has 0 N–H and O–H groups in total. The number of amides is 1. The lowest BCUT2D eigenvalue weighted by Crippen LogP contribution is -2.31. The minimum absolute atomic E-state index is 0.235. The molecule has 0 spiro atoms. The van der Waals surface area contributed by atoms with Crippen molar-refractivity contribution in [3.63, 3.8) is 0 Å². The van der Waals surface area contributed by atoms with Crippen LogP contribution in [0.5, 0.6) is 5.75 Å². The van der Waals surface area contributed by atoms with E-state index in [4.69, 9.17) is 16.3 Å². The van der Waals surface area contributed by atoms with Crippen molar-refractivity contribution in [2.45, 2.75) is 6.42 Å². The van der Waals surface area contributed by atoms with Crippen LogP contribution in [0.3, 0.4) is 0 Å². The molecule has 0 fully saturated rings. The lowest BCUT2D eigenvalue weighted by atomic mass is 10.1. The largest absolute Gasteiger partial charge is 0.495 e. The number of hydrogen-bond acceptors (Lipinski definition) is 3. The smallest absolute Gasteiger partial charge is 0.299 e. The van der Waals surface area contributed by atoms with Gasteiger partial charge in [0.15, 0.2) is 0 Å². The number of Topliss-reactive ketones (excluding diaryl/α,β-unsaturated/α-hetero) is 1. The molecule has 2 aromatic rings. The number of ketones is 1. The van der Waals surface area contributed by atoms with E-state index in [1.165, 1.54) is 12.0 Å². The summed E-state index contributed by atoms with van der Waals surface area (Å²) in [6, 6.07) is 13.0. The van der Waals surface area contributed by atoms with E-state index in [0.717, 1.165) is 5.56 Å². The van der Waals surface area contributed by atoms with Crippen molar-refractivity contribution in [3.8, 4) is 5.75 Å². The van der Waals surface area contributed by atoms with E-state index in [9.17, 15) is 9.59 Å². The Morgan fingerprint density at radius 1 is 1.09 bits per heavy atom. The van der Waals surface area contributed by atoms with Crippen LogP contribution in [-0.4, -0.2) is 25.3 Å². The third-order valence-corrected chi connectivity index (χ3v) is 4.03. The molecule has 0 unspecified atom stereocenters. The van der Waals surface area contributed by atoms with Crippen molar-refractivity contribution in [2.75, 3.05) is 18.6 Å². The minimum atomic E-state index is -0.577. The Hall–Kier alpha value is -2.33. The molecule has 112 valence electrons. The van der Waals surface area contributed by atoms with Gasteiger partial charge in [-0.05, 0) is 24.1 Å². The normalized spacial score (nSPS) is 13.5.